The van der Waals surface area contributed by atoms with Crippen LogP contribution in [-0.4, -0.2) is 36.0 Å². The van der Waals surface area contributed by atoms with Crippen molar-refractivity contribution in [3.05, 3.63) is 0 Å². The molecule has 4 bridgehead atoms. The van der Waals surface area contributed by atoms with Crippen molar-refractivity contribution in [1.82, 2.24) is 10.2 Å². The lowest BCUT2D eigenvalue weighted by Crippen LogP contribution is -2.61. The highest BCUT2D eigenvalue weighted by molar-refractivity contribution is 5.86. The van der Waals surface area contributed by atoms with E-state index in [-0.39, 0.29) is 5.54 Å². The van der Waals surface area contributed by atoms with E-state index in [4.69, 9.17) is 0 Å². The van der Waals surface area contributed by atoms with E-state index in [1.165, 1.54) is 32.1 Å². The number of amides is 1. The highest BCUT2D eigenvalue weighted by atomic mass is 16.2. The summed E-state index contributed by atoms with van der Waals surface area (Å²) in [4.78, 5) is 15.1. The lowest BCUT2D eigenvalue weighted by molar-refractivity contribution is -0.147. The summed E-state index contributed by atoms with van der Waals surface area (Å²) in [6, 6.07) is 0.537. The van der Waals surface area contributed by atoms with Crippen LogP contribution < -0.4 is 5.32 Å². The van der Waals surface area contributed by atoms with Crippen LogP contribution in [0, 0.1) is 23.7 Å². The van der Waals surface area contributed by atoms with Gasteiger partial charge >= 0.3 is 0 Å². The van der Waals surface area contributed by atoms with Crippen LogP contribution >= 0.6 is 0 Å². The Labute approximate surface area is 122 Å². The Morgan fingerprint density at radius 1 is 1.10 bits per heavy atom. The molecule has 1 unspecified atom stereocenters. The summed E-state index contributed by atoms with van der Waals surface area (Å²) >= 11 is 0. The van der Waals surface area contributed by atoms with Crippen molar-refractivity contribution < 1.29 is 4.79 Å². The molecule has 5 rings (SSSR count). The fourth-order valence-corrected chi connectivity index (χ4v) is 6.13. The number of likely N-dealkylation sites (N-methyl/N-ethyl adjacent to an activating group) is 1. The van der Waals surface area contributed by atoms with Crippen LogP contribution in [0.1, 0.15) is 51.9 Å². The van der Waals surface area contributed by atoms with Gasteiger partial charge < -0.3 is 10.2 Å². The summed E-state index contributed by atoms with van der Waals surface area (Å²) in [6.07, 6.45) is 9.18. The van der Waals surface area contributed by atoms with Crippen LogP contribution in [-0.2, 0) is 4.79 Å². The predicted molar refractivity (Wildman–Crippen MR) is 79.2 cm³/mol. The van der Waals surface area contributed by atoms with Gasteiger partial charge in [-0.05, 0) is 82.1 Å². The Kier molecular flexibility index (Phi) is 2.93. The molecule has 1 N–H and O–H groups in total. The number of carbonyl (C=O) groups is 1. The van der Waals surface area contributed by atoms with Gasteiger partial charge in [0.1, 0.15) is 0 Å². The maximum atomic E-state index is 13.0. The first-order chi connectivity index (χ1) is 9.57. The molecule has 4 aliphatic carbocycles. The third kappa shape index (κ3) is 1.85. The molecule has 0 aromatic rings. The maximum Gasteiger partial charge on any atom is 0.242 e. The van der Waals surface area contributed by atoms with E-state index < -0.39 is 0 Å². The predicted octanol–water partition coefficient (Wildman–Crippen LogP) is 2.41. The van der Waals surface area contributed by atoms with Crippen LogP contribution in [0.2, 0.25) is 0 Å². The molecule has 1 heterocycles. The number of hydrogen-bond acceptors (Lipinski definition) is 2. The zero-order valence-corrected chi connectivity index (χ0v) is 12.9. The van der Waals surface area contributed by atoms with Gasteiger partial charge in [0, 0.05) is 13.1 Å². The van der Waals surface area contributed by atoms with E-state index in [0.717, 1.165) is 43.1 Å². The molecular weight excluding hydrogens is 248 g/mol. The van der Waals surface area contributed by atoms with E-state index in [9.17, 15) is 4.79 Å². The lowest BCUT2D eigenvalue weighted by atomic mass is 9.54. The van der Waals surface area contributed by atoms with Crippen LogP contribution in [0.25, 0.3) is 0 Å². The molecule has 1 saturated heterocycles. The van der Waals surface area contributed by atoms with E-state index >= 15 is 0 Å². The number of rotatable bonds is 2. The minimum absolute atomic E-state index is 0.288. The average molecular weight is 276 g/mol. The van der Waals surface area contributed by atoms with Crippen molar-refractivity contribution in [2.24, 2.45) is 23.7 Å². The molecule has 0 aromatic carbocycles. The molecule has 1 atom stereocenters. The van der Waals surface area contributed by atoms with Gasteiger partial charge in [0.05, 0.1) is 5.54 Å². The molecule has 3 nitrogen and oxygen atoms in total. The normalized spacial score (nSPS) is 49.6. The molecule has 0 spiro atoms. The summed E-state index contributed by atoms with van der Waals surface area (Å²) in [5.74, 6) is 3.91. The molecule has 0 aromatic heterocycles. The van der Waals surface area contributed by atoms with E-state index in [2.05, 4.69) is 24.2 Å². The van der Waals surface area contributed by atoms with Gasteiger partial charge in [-0.25, -0.2) is 0 Å². The van der Waals surface area contributed by atoms with Crippen molar-refractivity contribution in [2.75, 3.05) is 13.6 Å². The first-order valence-electron chi connectivity index (χ1n) is 8.59. The average Bonchev–Trinajstić information content (AvgIpc) is 2.84. The van der Waals surface area contributed by atoms with Crippen LogP contribution in [0.3, 0.4) is 0 Å². The zero-order valence-electron chi connectivity index (χ0n) is 12.9. The van der Waals surface area contributed by atoms with Crippen molar-refractivity contribution in [2.45, 2.75) is 63.5 Å². The second-order valence-corrected chi connectivity index (χ2v) is 8.20. The molecule has 5 fully saturated rings. The summed E-state index contributed by atoms with van der Waals surface area (Å²) in [6.45, 7) is 3.10. The highest BCUT2D eigenvalue weighted by Crippen LogP contribution is 2.55. The summed E-state index contributed by atoms with van der Waals surface area (Å²) < 4.78 is 0. The first-order valence-corrected chi connectivity index (χ1v) is 8.59. The first kappa shape index (κ1) is 13.1. The standard InChI is InChI=1S/C17H28N2O/c1-17(4-3-5-18-17)16(20)19(2)15-13-7-11-6-12(9-13)10-14(15)8-11/h11-15,18H,3-10H2,1-2H3. The topological polar surface area (TPSA) is 32.3 Å². The molecule has 4 saturated carbocycles. The second kappa shape index (κ2) is 4.46. The number of hydrogen-bond donors (Lipinski definition) is 1. The number of nitrogens with zero attached hydrogens (tertiary/aromatic N) is 1. The van der Waals surface area contributed by atoms with Gasteiger partial charge in [0.15, 0.2) is 0 Å². The Morgan fingerprint density at radius 3 is 2.20 bits per heavy atom. The molecule has 3 heteroatoms. The Morgan fingerprint density at radius 2 is 1.70 bits per heavy atom. The minimum Gasteiger partial charge on any atom is -0.341 e. The minimum atomic E-state index is -0.288. The molecule has 5 aliphatic rings. The van der Waals surface area contributed by atoms with Crippen molar-refractivity contribution in [3.63, 3.8) is 0 Å². The molecule has 112 valence electrons. The summed E-state index contributed by atoms with van der Waals surface area (Å²) in [5.41, 5.74) is -0.288. The number of nitrogens with one attached hydrogen (secondary N) is 1. The fraction of sp³-hybridized carbons (Fsp3) is 0.941. The van der Waals surface area contributed by atoms with Crippen LogP contribution in [0.15, 0.2) is 0 Å². The molecule has 1 amide bonds. The van der Waals surface area contributed by atoms with Gasteiger partial charge in [0.25, 0.3) is 0 Å². The van der Waals surface area contributed by atoms with E-state index in [0.29, 0.717) is 11.9 Å². The van der Waals surface area contributed by atoms with Crippen molar-refractivity contribution in [3.8, 4) is 0 Å². The highest BCUT2D eigenvalue weighted by Gasteiger charge is 2.52. The molecule has 0 radical (unpaired) electrons. The third-order valence-electron chi connectivity index (χ3n) is 6.79. The largest absolute Gasteiger partial charge is 0.341 e. The monoisotopic (exact) mass is 276 g/mol. The Bertz CT molecular complexity index is 385. The summed E-state index contributed by atoms with van der Waals surface area (Å²) in [5, 5.41) is 3.44. The SMILES string of the molecule is CN(C(=O)C1(C)CCCN1)C1C2CC3CC(C2)CC1C3. The van der Waals surface area contributed by atoms with Gasteiger partial charge in [-0.2, -0.15) is 0 Å². The van der Waals surface area contributed by atoms with Gasteiger partial charge in [0.2, 0.25) is 5.91 Å². The lowest BCUT2D eigenvalue weighted by Gasteiger charge is -2.57. The number of carbonyl (C=O) groups excluding carboxylic acids is 1. The Balaban J connectivity index is 1.53. The van der Waals surface area contributed by atoms with E-state index in [1.54, 1.807) is 0 Å². The van der Waals surface area contributed by atoms with Gasteiger partial charge in [-0.3, -0.25) is 4.79 Å². The fourth-order valence-electron chi connectivity index (χ4n) is 6.13. The molecule has 20 heavy (non-hydrogen) atoms. The third-order valence-corrected chi connectivity index (χ3v) is 6.79. The van der Waals surface area contributed by atoms with Crippen molar-refractivity contribution in [1.29, 1.82) is 0 Å². The quantitative estimate of drug-likeness (QED) is 0.840. The van der Waals surface area contributed by atoms with Crippen LogP contribution in [0.4, 0.5) is 0 Å². The van der Waals surface area contributed by atoms with Gasteiger partial charge in [-0.15, -0.1) is 0 Å². The molecule has 1 aliphatic heterocycles. The van der Waals surface area contributed by atoms with Crippen molar-refractivity contribution >= 4 is 5.91 Å². The Hall–Kier alpha value is -0.570. The maximum absolute atomic E-state index is 13.0. The van der Waals surface area contributed by atoms with Crippen LogP contribution in [0.5, 0.6) is 0 Å². The smallest absolute Gasteiger partial charge is 0.242 e. The van der Waals surface area contributed by atoms with Gasteiger partial charge in [-0.1, -0.05) is 0 Å². The summed E-state index contributed by atoms with van der Waals surface area (Å²) in [7, 11) is 2.08. The second-order valence-electron chi connectivity index (χ2n) is 8.20. The zero-order chi connectivity index (χ0) is 13.9. The molecular formula is C17H28N2O. The van der Waals surface area contributed by atoms with E-state index in [1.807, 2.05) is 0 Å².